The second-order valence-corrected chi connectivity index (χ2v) is 4.85. The first kappa shape index (κ1) is 15.6. The first-order valence-corrected chi connectivity index (χ1v) is 7.29. The summed E-state index contributed by atoms with van der Waals surface area (Å²) in [6.07, 6.45) is 3.27. The highest BCUT2D eigenvalue weighted by Gasteiger charge is 2.15. The van der Waals surface area contributed by atoms with Gasteiger partial charge >= 0.3 is 0 Å². The molecule has 1 aromatic heterocycles. The normalized spacial score (nSPS) is 12.0. The van der Waals surface area contributed by atoms with Crippen molar-refractivity contribution in [1.82, 2.24) is 4.98 Å². The Morgan fingerprint density at radius 1 is 1.14 bits per heavy atom. The lowest BCUT2D eigenvalue weighted by molar-refractivity contribution is 0.287. The van der Waals surface area contributed by atoms with Crippen molar-refractivity contribution in [3.63, 3.8) is 0 Å². The molecule has 0 aliphatic carbocycles. The molecule has 0 spiro atoms. The Kier molecular flexibility index (Phi) is 5.42. The summed E-state index contributed by atoms with van der Waals surface area (Å²) < 4.78 is 11.2. The second kappa shape index (κ2) is 7.29. The van der Waals surface area contributed by atoms with Crippen molar-refractivity contribution in [1.29, 1.82) is 0 Å². The van der Waals surface area contributed by atoms with Crippen molar-refractivity contribution in [3.05, 3.63) is 52.8 Å². The Bertz CT molecular complexity index is 605. The van der Waals surface area contributed by atoms with Crippen LogP contribution in [0.3, 0.4) is 0 Å². The topological polar surface area (TPSA) is 57.4 Å². The molecule has 1 atom stereocenters. The fourth-order valence-electron chi connectivity index (χ4n) is 2.08. The van der Waals surface area contributed by atoms with Gasteiger partial charge in [-0.2, -0.15) is 0 Å². The summed E-state index contributed by atoms with van der Waals surface area (Å²) in [5.74, 6) is 1.41. The average molecular weight is 307 g/mol. The molecule has 112 valence electrons. The van der Waals surface area contributed by atoms with Gasteiger partial charge < -0.3 is 15.2 Å². The van der Waals surface area contributed by atoms with Gasteiger partial charge in [0.2, 0.25) is 0 Å². The van der Waals surface area contributed by atoms with Crippen molar-refractivity contribution in [2.45, 2.75) is 19.9 Å². The lowest BCUT2D eigenvalue weighted by atomic mass is 10.00. The van der Waals surface area contributed by atoms with E-state index in [2.05, 4.69) is 4.98 Å². The van der Waals surface area contributed by atoms with Crippen molar-refractivity contribution in [2.75, 3.05) is 13.2 Å². The van der Waals surface area contributed by atoms with Gasteiger partial charge in [0.15, 0.2) is 11.5 Å². The molecule has 0 amide bonds. The van der Waals surface area contributed by atoms with Crippen LogP contribution < -0.4 is 15.2 Å². The number of nitrogens with two attached hydrogens (primary N) is 1. The average Bonchev–Trinajstić information content (AvgIpc) is 2.49. The second-order valence-electron chi connectivity index (χ2n) is 4.45. The molecule has 5 heteroatoms. The van der Waals surface area contributed by atoms with E-state index < -0.39 is 0 Å². The van der Waals surface area contributed by atoms with Gasteiger partial charge in [0.25, 0.3) is 0 Å². The first-order chi connectivity index (χ1) is 10.2. The van der Waals surface area contributed by atoms with Gasteiger partial charge in [-0.25, -0.2) is 0 Å². The Hall–Kier alpha value is -1.78. The molecular formula is C16H19ClN2O2. The fourth-order valence-corrected chi connectivity index (χ4v) is 2.32. The van der Waals surface area contributed by atoms with Crippen molar-refractivity contribution >= 4 is 11.6 Å². The minimum atomic E-state index is -0.338. The van der Waals surface area contributed by atoms with E-state index in [0.29, 0.717) is 24.0 Å². The van der Waals surface area contributed by atoms with Crippen LogP contribution in [0, 0.1) is 0 Å². The van der Waals surface area contributed by atoms with Crippen LogP contribution in [0.5, 0.6) is 11.5 Å². The third-order valence-corrected chi connectivity index (χ3v) is 3.38. The van der Waals surface area contributed by atoms with Gasteiger partial charge in [-0.3, -0.25) is 4.98 Å². The molecule has 1 heterocycles. The monoisotopic (exact) mass is 306 g/mol. The molecule has 2 rings (SSSR count). The standard InChI is InChI=1S/C16H19ClN2O2/c1-3-20-14-6-5-11(9-15(14)21-4-2)16(18)12-7-8-19-10-13(12)17/h5-10,16H,3-4,18H2,1-2H3. The van der Waals surface area contributed by atoms with Crippen LogP contribution in [0.2, 0.25) is 5.02 Å². The molecule has 1 unspecified atom stereocenters. The van der Waals surface area contributed by atoms with Gasteiger partial charge in [-0.05, 0) is 43.2 Å². The summed E-state index contributed by atoms with van der Waals surface area (Å²) in [5.41, 5.74) is 8.04. The van der Waals surface area contributed by atoms with Crippen LogP contribution in [-0.2, 0) is 0 Å². The summed E-state index contributed by atoms with van der Waals surface area (Å²) in [4.78, 5) is 3.97. The minimum absolute atomic E-state index is 0.338. The summed E-state index contributed by atoms with van der Waals surface area (Å²) in [7, 11) is 0. The Morgan fingerprint density at radius 3 is 2.52 bits per heavy atom. The maximum absolute atomic E-state index is 6.30. The molecule has 0 radical (unpaired) electrons. The van der Waals surface area contributed by atoms with E-state index in [9.17, 15) is 0 Å². The Labute approximate surface area is 129 Å². The highest BCUT2D eigenvalue weighted by atomic mass is 35.5. The maximum atomic E-state index is 6.30. The number of halogens is 1. The molecule has 2 N–H and O–H groups in total. The predicted octanol–water partition coefficient (Wildman–Crippen LogP) is 3.58. The number of hydrogen-bond acceptors (Lipinski definition) is 4. The van der Waals surface area contributed by atoms with Gasteiger partial charge in [-0.15, -0.1) is 0 Å². The van der Waals surface area contributed by atoms with E-state index in [0.717, 1.165) is 16.9 Å². The summed E-state index contributed by atoms with van der Waals surface area (Å²) in [6.45, 7) is 5.02. The molecular weight excluding hydrogens is 288 g/mol. The quantitative estimate of drug-likeness (QED) is 0.886. The van der Waals surface area contributed by atoms with E-state index in [1.54, 1.807) is 12.4 Å². The highest BCUT2D eigenvalue weighted by molar-refractivity contribution is 6.31. The zero-order valence-corrected chi connectivity index (χ0v) is 12.9. The zero-order chi connectivity index (χ0) is 15.2. The summed E-state index contributed by atoms with van der Waals surface area (Å²) in [5, 5.41) is 0.553. The third kappa shape index (κ3) is 3.65. The van der Waals surface area contributed by atoms with E-state index in [-0.39, 0.29) is 6.04 Å². The summed E-state index contributed by atoms with van der Waals surface area (Å²) >= 11 is 6.15. The van der Waals surface area contributed by atoms with Crippen LogP contribution in [0.15, 0.2) is 36.7 Å². The molecule has 0 saturated carbocycles. The summed E-state index contributed by atoms with van der Waals surface area (Å²) in [6, 6.07) is 7.18. The molecule has 0 aliphatic heterocycles. The SMILES string of the molecule is CCOc1ccc(C(N)c2ccncc2Cl)cc1OCC. The smallest absolute Gasteiger partial charge is 0.161 e. The third-order valence-electron chi connectivity index (χ3n) is 3.07. The van der Waals surface area contributed by atoms with Gasteiger partial charge in [-0.1, -0.05) is 17.7 Å². The molecule has 0 fully saturated rings. The molecule has 0 saturated heterocycles. The molecule has 4 nitrogen and oxygen atoms in total. The van der Waals surface area contributed by atoms with Crippen LogP contribution >= 0.6 is 11.6 Å². The lowest BCUT2D eigenvalue weighted by Gasteiger charge is -2.17. The van der Waals surface area contributed by atoms with Gasteiger partial charge in [0.05, 0.1) is 24.3 Å². The van der Waals surface area contributed by atoms with E-state index in [4.69, 9.17) is 26.8 Å². The number of aromatic nitrogens is 1. The van der Waals surface area contributed by atoms with Crippen LogP contribution in [0.4, 0.5) is 0 Å². The minimum Gasteiger partial charge on any atom is -0.490 e. The largest absolute Gasteiger partial charge is 0.490 e. The van der Waals surface area contributed by atoms with Crippen LogP contribution in [0.25, 0.3) is 0 Å². The lowest BCUT2D eigenvalue weighted by Crippen LogP contribution is -2.13. The van der Waals surface area contributed by atoms with Crippen molar-refractivity contribution < 1.29 is 9.47 Å². The maximum Gasteiger partial charge on any atom is 0.161 e. The number of rotatable bonds is 6. The number of pyridine rings is 1. The van der Waals surface area contributed by atoms with Crippen molar-refractivity contribution in [3.8, 4) is 11.5 Å². The molecule has 2 aromatic rings. The first-order valence-electron chi connectivity index (χ1n) is 6.91. The zero-order valence-electron chi connectivity index (χ0n) is 12.2. The number of nitrogens with zero attached hydrogens (tertiary/aromatic N) is 1. The van der Waals surface area contributed by atoms with Gasteiger partial charge in [0.1, 0.15) is 0 Å². The van der Waals surface area contributed by atoms with Crippen molar-refractivity contribution in [2.24, 2.45) is 5.73 Å². The molecule has 1 aromatic carbocycles. The van der Waals surface area contributed by atoms with E-state index in [1.807, 2.05) is 38.1 Å². The predicted molar refractivity (Wildman–Crippen MR) is 84.1 cm³/mol. The number of hydrogen-bond donors (Lipinski definition) is 1. The highest BCUT2D eigenvalue weighted by Crippen LogP contribution is 2.33. The number of benzene rings is 1. The molecule has 21 heavy (non-hydrogen) atoms. The van der Waals surface area contributed by atoms with Crippen LogP contribution in [0.1, 0.15) is 31.0 Å². The number of ether oxygens (including phenoxy) is 2. The Morgan fingerprint density at radius 2 is 1.86 bits per heavy atom. The molecule has 0 aliphatic rings. The van der Waals surface area contributed by atoms with E-state index in [1.165, 1.54) is 0 Å². The molecule has 0 bridgehead atoms. The fraction of sp³-hybridized carbons (Fsp3) is 0.312. The van der Waals surface area contributed by atoms with Crippen LogP contribution in [-0.4, -0.2) is 18.2 Å². The van der Waals surface area contributed by atoms with Gasteiger partial charge in [0, 0.05) is 12.4 Å². The van der Waals surface area contributed by atoms with E-state index >= 15 is 0 Å². The Balaban J connectivity index is 2.35.